The van der Waals surface area contributed by atoms with E-state index >= 15 is 0 Å². The first-order chi connectivity index (χ1) is 24.8. The molecule has 0 amide bonds. The topological polar surface area (TPSA) is 0 Å². The third-order valence-electron chi connectivity index (χ3n) is 10.4. The van der Waals surface area contributed by atoms with E-state index in [1.165, 1.54) is 106 Å². The minimum Gasteiger partial charge on any atom is -0.135 e. The third kappa shape index (κ3) is 4.10. The first kappa shape index (κ1) is 28.1. The van der Waals surface area contributed by atoms with E-state index in [1.807, 2.05) is 22.7 Å². The largest absolute Gasteiger partial charge is 0.135 e. The molecule has 2 aromatic heterocycles. The minimum absolute atomic E-state index is 1.23. The van der Waals surface area contributed by atoms with Gasteiger partial charge in [-0.3, -0.25) is 0 Å². The number of hydrogen-bond acceptors (Lipinski definition) is 2. The molecule has 0 spiro atoms. The van der Waals surface area contributed by atoms with Crippen LogP contribution in [0.5, 0.6) is 0 Å². The minimum atomic E-state index is 1.23. The molecule has 50 heavy (non-hydrogen) atoms. The van der Waals surface area contributed by atoms with Gasteiger partial charge in [0.25, 0.3) is 0 Å². The van der Waals surface area contributed by atoms with E-state index in [4.69, 9.17) is 0 Å². The molecule has 0 aliphatic rings. The molecule has 0 saturated carbocycles. The molecule has 0 aliphatic carbocycles. The maximum absolute atomic E-state index is 2.42. The Hall–Kier alpha value is -5.80. The molecule has 232 valence electrons. The highest BCUT2D eigenvalue weighted by molar-refractivity contribution is 7.30. The summed E-state index contributed by atoms with van der Waals surface area (Å²) in [6.45, 7) is 0. The first-order valence-corrected chi connectivity index (χ1v) is 18.7. The van der Waals surface area contributed by atoms with Crippen LogP contribution in [0.1, 0.15) is 0 Å². The molecule has 0 N–H and O–H groups in total. The van der Waals surface area contributed by atoms with Gasteiger partial charge in [-0.05, 0) is 96.0 Å². The average Bonchev–Trinajstić information content (AvgIpc) is 3.75. The summed E-state index contributed by atoms with van der Waals surface area (Å²) in [7, 11) is 0. The molecule has 0 aliphatic heterocycles. The fraction of sp³-hybridized carbons (Fsp3) is 0. The number of hydrogen-bond donors (Lipinski definition) is 0. The van der Waals surface area contributed by atoms with Gasteiger partial charge < -0.3 is 0 Å². The summed E-state index contributed by atoms with van der Waals surface area (Å²) in [6.07, 6.45) is 0. The van der Waals surface area contributed by atoms with Crippen LogP contribution in [-0.2, 0) is 0 Å². The zero-order valence-corrected chi connectivity index (χ0v) is 28.6. The molecule has 11 rings (SSSR count). The van der Waals surface area contributed by atoms with Crippen LogP contribution in [0, 0.1) is 0 Å². The van der Waals surface area contributed by atoms with Gasteiger partial charge in [-0.2, -0.15) is 0 Å². The van der Waals surface area contributed by atoms with Crippen molar-refractivity contribution < 1.29 is 0 Å². The summed E-state index contributed by atoms with van der Waals surface area (Å²) in [5.41, 5.74) is 7.55. The molecule has 9 aromatic carbocycles. The summed E-state index contributed by atoms with van der Waals surface area (Å²) in [5, 5.41) is 13.2. The van der Waals surface area contributed by atoms with E-state index in [0.29, 0.717) is 0 Å². The Labute approximate surface area is 297 Å². The van der Waals surface area contributed by atoms with Gasteiger partial charge in [-0.1, -0.05) is 140 Å². The van der Waals surface area contributed by atoms with Crippen molar-refractivity contribution in [2.24, 2.45) is 0 Å². The lowest BCUT2D eigenvalue weighted by molar-refractivity contribution is 1.63. The SMILES string of the molecule is c1ccc(-c2c3ccccc3c(-c3cccc(-c4ccc5sc6c(ccc7sc8ccc9ccccc9c8c76)c5c4)c3)c3ccccc23)cc1. The normalized spacial score (nSPS) is 12.0. The molecule has 2 heterocycles. The van der Waals surface area contributed by atoms with Crippen LogP contribution in [0.3, 0.4) is 0 Å². The van der Waals surface area contributed by atoms with Crippen molar-refractivity contribution in [2.45, 2.75) is 0 Å². The molecule has 0 unspecified atom stereocenters. The lowest BCUT2D eigenvalue weighted by Gasteiger charge is -2.18. The molecule has 11 aromatic rings. The Morgan fingerprint density at radius 1 is 0.280 bits per heavy atom. The Kier molecular flexibility index (Phi) is 6.09. The van der Waals surface area contributed by atoms with Gasteiger partial charge in [-0.25, -0.2) is 0 Å². The third-order valence-corrected chi connectivity index (χ3v) is 12.8. The van der Waals surface area contributed by atoms with Gasteiger partial charge in [0.1, 0.15) is 0 Å². The van der Waals surface area contributed by atoms with Crippen molar-refractivity contribution in [3.05, 3.63) is 170 Å². The molecule has 0 bridgehead atoms. The molecule has 0 saturated heterocycles. The maximum atomic E-state index is 2.42. The quantitative estimate of drug-likeness (QED) is 0.164. The van der Waals surface area contributed by atoms with Crippen molar-refractivity contribution in [1.82, 2.24) is 0 Å². The zero-order chi connectivity index (χ0) is 32.8. The van der Waals surface area contributed by atoms with E-state index in [9.17, 15) is 0 Å². The predicted octanol–water partition coefficient (Wildman–Crippen LogP) is 14.9. The van der Waals surface area contributed by atoms with Crippen LogP contribution in [0.15, 0.2) is 170 Å². The van der Waals surface area contributed by atoms with Crippen LogP contribution in [0.25, 0.3) is 106 Å². The van der Waals surface area contributed by atoms with Crippen molar-refractivity contribution >= 4 is 95.3 Å². The van der Waals surface area contributed by atoms with E-state index < -0.39 is 0 Å². The summed E-state index contributed by atoms with van der Waals surface area (Å²) in [6, 6.07) is 62.9. The molecule has 2 heteroatoms. The highest BCUT2D eigenvalue weighted by atomic mass is 32.1. The van der Waals surface area contributed by atoms with Crippen molar-refractivity contribution in [1.29, 1.82) is 0 Å². The molecule has 0 atom stereocenters. The summed E-state index contributed by atoms with van der Waals surface area (Å²) < 4.78 is 5.45. The van der Waals surface area contributed by atoms with E-state index in [-0.39, 0.29) is 0 Å². The molecular weight excluding hydrogens is 641 g/mol. The first-order valence-electron chi connectivity index (χ1n) is 17.1. The summed E-state index contributed by atoms with van der Waals surface area (Å²) in [4.78, 5) is 0. The number of thiophene rings is 2. The second kappa shape index (κ2) is 10.9. The second-order valence-corrected chi connectivity index (χ2v) is 15.3. The molecule has 0 radical (unpaired) electrons. The van der Waals surface area contributed by atoms with Gasteiger partial charge in [0, 0.05) is 40.3 Å². The van der Waals surface area contributed by atoms with Gasteiger partial charge in [0.2, 0.25) is 0 Å². The monoisotopic (exact) mass is 668 g/mol. The highest BCUT2D eigenvalue weighted by Crippen LogP contribution is 2.48. The lowest BCUT2D eigenvalue weighted by atomic mass is 9.85. The lowest BCUT2D eigenvalue weighted by Crippen LogP contribution is -1.91. The number of rotatable bonds is 3. The average molecular weight is 669 g/mol. The van der Waals surface area contributed by atoms with E-state index in [2.05, 4.69) is 170 Å². The van der Waals surface area contributed by atoms with Gasteiger partial charge in [-0.15, -0.1) is 22.7 Å². The second-order valence-electron chi connectivity index (χ2n) is 13.2. The molecule has 0 fully saturated rings. The van der Waals surface area contributed by atoms with Gasteiger partial charge >= 0.3 is 0 Å². The smallest absolute Gasteiger partial charge is 0.0448 e. The molecule has 0 nitrogen and oxygen atoms in total. The fourth-order valence-electron chi connectivity index (χ4n) is 8.25. The standard InChI is InChI=1S/C48H28S2/c1-2-12-30(13-3-1)44-35-17-6-8-19-37(35)45(38-20-9-7-18-36(38)44)33-15-10-14-31(27-33)32-22-24-41-40(28-32)39-23-26-43-47(48(39)50-41)46-34-16-5-4-11-29(34)21-25-42(46)49-43/h1-28H. The summed E-state index contributed by atoms with van der Waals surface area (Å²) >= 11 is 3.84. The Balaban J connectivity index is 1.12. The highest BCUT2D eigenvalue weighted by Gasteiger charge is 2.18. The van der Waals surface area contributed by atoms with E-state index in [0.717, 1.165) is 0 Å². The van der Waals surface area contributed by atoms with Crippen molar-refractivity contribution in [3.63, 3.8) is 0 Å². The number of benzene rings is 9. The Morgan fingerprint density at radius 2 is 0.840 bits per heavy atom. The van der Waals surface area contributed by atoms with Crippen LogP contribution >= 0.6 is 22.7 Å². The van der Waals surface area contributed by atoms with Crippen LogP contribution in [0.4, 0.5) is 0 Å². The van der Waals surface area contributed by atoms with E-state index in [1.54, 1.807) is 0 Å². The Bertz CT molecular complexity index is 3080. The number of fused-ring (bicyclic) bond motifs is 11. The maximum Gasteiger partial charge on any atom is 0.0448 e. The predicted molar refractivity (Wildman–Crippen MR) is 221 cm³/mol. The summed E-state index contributed by atoms with van der Waals surface area (Å²) in [5.74, 6) is 0. The molecular formula is C48H28S2. The van der Waals surface area contributed by atoms with Crippen molar-refractivity contribution in [3.8, 4) is 33.4 Å². The van der Waals surface area contributed by atoms with Crippen LogP contribution < -0.4 is 0 Å². The van der Waals surface area contributed by atoms with Crippen LogP contribution in [-0.4, -0.2) is 0 Å². The van der Waals surface area contributed by atoms with Crippen molar-refractivity contribution in [2.75, 3.05) is 0 Å². The Morgan fingerprint density at radius 3 is 1.60 bits per heavy atom. The fourth-order valence-corrected chi connectivity index (χ4v) is 10.7. The zero-order valence-electron chi connectivity index (χ0n) is 27.0. The van der Waals surface area contributed by atoms with Gasteiger partial charge in [0.15, 0.2) is 0 Å². The van der Waals surface area contributed by atoms with Gasteiger partial charge in [0.05, 0.1) is 0 Å². The van der Waals surface area contributed by atoms with Crippen LogP contribution in [0.2, 0.25) is 0 Å².